The largest absolute Gasteiger partial charge is 0.496 e. The summed E-state index contributed by atoms with van der Waals surface area (Å²) in [5.41, 5.74) is 6.18. The van der Waals surface area contributed by atoms with Gasteiger partial charge in [0.1, 0.15) is 5.75 Å². The molecule has 21 heavy (non-hydrogen) atoms. The van der Waals surface area contributed by atoms with E-state index in [9.17, 15) is 0 Å². The molecule has 0 bridgehead atoms. The highest BCUT2D eigenvalue weighted by atomic mass is 79.9. The molecule has 2 rings (SSSR count). The first-order chi connectivity index (χ1) is 9.97. The van der Waals surface area contributed by atoms with Gasteiger partial charge in [-0.25, -0.2) is 0 Å². The van der Waals surface area contributed by atoms with Crippen molar-refractivity contribution < 1.29 is 4.74 Å². The van der Waals surface area contributed by atoms with Gasteiger partial charge in [-0.15, -0.1) is 0 Å². The lowest BCUT2D eigenvalue weighted by molar-refractivity contribution is 0.411. The van der Waals surface area contributed by atoms with E-state index in [4.69, 9.17) is 4.74 Å². The molecule has 0 saturated heterocycles. The molecule has 0 aromatic heterocycles. The van der Waals surface area contributed by atoms with Gasteiger partial charge in [-0.2, -0.15) is 0 Å². The van der Waals surface area contributed by atoms with E-state index in [1.165, 1.54) is 22.3 Å². The van der Waals surface area contributed by atoms with Crippen LogP contribution in [0.1, 0.15) is 33.9 Å². The van der Waals surface area contributed by atoms with Crippen LogP contribution in [0.4, 0.5) is 0 Å². The summed E-state index contributed by atoms with van der Waals surface area (Å²) in [6.45, 7) is 6.33. The summed E-state index contributed by atoms with van der Waals surface area (Å²) in [6.07, 6.45) is 0. The number of methoxy groups -OCH3 is 1. The molecule has 0 fully saturated rings. The number of benzene rings is 2. The molecule has 0 saturated carbocycles. The van der Waals surface area contributed by atoms with Gasteiger partial charge in [-0.1, -0.05) is 39.7 Å². The van der Waals surface area contributed by atoms with E-state index < -0.39 is 0 Å². The van der Waals surface area contributed by atoms with Crippen molar-refractivity contribution in [2.75, 3.05) is 14.2 Å². The maximum atomic E-state index is 5.41. The molecule has 112 valence electrons. The quantitative estimate of drug-likeness (QED) is 0.865. The molecule has 0 heterocycles. The number of rotatable bonds is 4. The number of hydrogen-bond acceptors (Lipinski definition) is 2. The van der Waals surface area contributed by atoms with Crippen LogP contribution in [0.25, 0.3) is 0 Å². The van der Waals surface area contributed by atoms with Crippen LogP contribution in [-0.2, 0) is 0 Å². The molecule has 2 aromatic carbocycles. The van der Waals surface area contributed by atoms with Gasteiger partial charge in [0.2, 0.25) is 0 Å². The van der Waals surface area contributed by atoms with Gasteiger partial charge < -0.3 is 10.1 Å². The summed E-state index contributed by atoms with van der Waals surface area (Å²) in [5, 5.41) is 3.44. The summed E-state index contributed by atoms with van der Waals surface area (Å²) in [4.78, 5) is 0. The summed E-state index contributed by atoms with van der Waals surface area (Å²) >= 11 is 3.68. The molecule has 1 atom stereocenters. The Morgan fingerprint density at radius 2 is 1.71 bits per heavy atom. The first-order valence-corrected chi connectivity index (χ1v) is 7.85. The van der Waals surface area contributed by atoms with Gasteiger partial charge in [0.05, 0.1) is 13.2 Å². The second-order valence-corrected chi connectivity index (χ2v) is 6.28. The SMILES string of the molecule is CNC(c1cc(C)c(OC)cc1C)c1cc(C)ccc1Br. The second-order valence-electron chi connectivity index (χ2n) is 5.43. The van der Waals surface area contributed by atoms with Crippen molar-refractivity contribution in [2.24, 2.45) is 0 Å². The predicted molar refractivity (Wildman–Crippen MR) is 92.2 cm³/mol. The van der Waals surface area contributed by atoms with Gasteiger partial charge >= 0.3 is 0 Å². The van der Waals surface area contributed by atoms with Crippen molar-refractivity contribution in [3.63, 3.8) is 0 Å². The van der Waals surface area contributed by atoms with E-state index in [0.29, 0.717) is 0 Å². The Balaban J connectivity index is 2.56. The zero-order valence-corrected chi connectivity index (χ0v) is 14.8. The fourth-order valence-electron chi connectivity index (χ4n) is 2.71. The van der Waals surface area contributed by atoms with Crippen LogP contribution in [0.2, 0.25) is 0 Å². The Bertz CT molecular complexity index is 652. The normalized spacial score (nSPS) is 12.3. The van der Waals surface area contributed by atoms with E-state index in [0.717, 1.165) is 15.8 Å². The first-order valence-electron chi connectivity index (χ1n) is 7.06. The summed E-state index contributed by atoms with van der Waals surface area (Å²) in [5.74, 6) is 0.939. The maximum Gasteiger partial charge on any atom is 0.122 e. The number of hydrogen-bond donors (Lipinski definition) is 1. The molecule has 2 aromatic rings. The van der Waals surface area contributed by atoms with E-state index in [1.54, 1.807) is 7.11 Å². The highest BCUT2D eigenvalue weighted by Gasteiger charge is 2.18. The van der Waals surface area contributed by atoms with Gasteiger partial charge in [-0.05, 0) is 62.2 Å². The van der Waals surface area contributed by atoms with Crippen molar-refractivity contribution in [1.29, 1.82) is 0 Å². The summed E-state index contributed by atoms with van der Waals surface area (Å²) in [6, 6.07) is 10.9. The molecular formula is C18H22BrNO. The topological polar surface area (TPSA) is 21.3 Å². The highest BCUT2D eigenvalue weighted by Crippen LogP contribution is 2.33. The molecule has 0 aliphatic carbocycles. The van der Waals surface area contributed by atoms with E-state index in [2.05, 4.69) is 72.3 Å². The van der Waals surface area contributed by atoms with Crippen LogP contribution in [0.15, 0.2) is 34.8 Å². The number of halogens is 1. The van der Waals surface area contributed by atoms with Gasteiger partial charge in [0.15, 0.2) is 0 Å². The van der Waals surface area contributed by atoms with Crippen LogP contribution >= 0.6 is 15.9 Å². The Kier molecular flexibility index (Phi) is 5.07. The molecule has 3 heteroatoms. The minimum atomic E-state index is 0.156. The lowest BCUT2D eigenvalue weighted by Crippen LogP contribution is -2.19. The predicted octanol–water partition coefficient (Wildman–Crippen LogP) is 4.69. The number of ether oxygens (including phenoxy) is 1. The highest BCUT2D eigenvalue weighted by molar-refractivity contribution is 9.10. The Labute approximate surface area is 135 Å². The molecule has 0 radical (unpaired) electrons. The lowest BCUT2D eigenvalue weighted by atomic mass is 9.92. The van der Waals surface area contributed by atoms with Gasteiger partial charge in [0.25, 0.3) is 0 Å². The van der Waals surface area contributed by atoms with Crippen molar-refractivity contribution in [2.45, 2.75) is 26.8 Å². The molecule has 0 aliphatic heterocycles. The first kappa shape index (κ1) is 16.1. The van der Waals surface area contributed by atoms with Crippen LogP contribution in [0, 0.1) is 20.8 Å². The van der Waals surface area contributed by atoms with E-state index in [1.807, 2.05) is 7.05 Å². The molecule has 1 N–H and O–H groups in total. The standard InChI is InChI=1S/C18H22BrNO/c1-11-6-7-16(19)15(8-11)18(20-4)14-9-13(3)17(21-5)10-12(14)2/h6-10,18,20H,1-5H3. The molecule has 0 amide bonds. The molecule has 2 nitrogen and oxygen atoms in total. The third kappa shape index (κ3) is 3.30. The second kappa shape index (κ2) is 6.63. The molecule has 0 spiro atoms. The molecule has 0 aliphatic rings. The smallest absolute Gasteiger partial charge is 0.122 e. The Morgan fingerprint density at radius 1 is 1.00 bits per heavy atom. The zero-order chi connectivity index (χ0) is 15.6. The average molecular weight is 348 g/mol. The van der Waals surface area contributed by atoms with Crippen LogP contribution in [0.3, 0.4) is 0 Å². The van der Waals surface area contributed by atoms with Crippen LogP contribution in [-0.4, -0.2) is 14.2 Å². The average Bonchev–Trinajstić information content (AvgIpc) is 2.46. The monoisotopic (exact) mass is 347 g/mol. The fraction of sp³-hybridized carbons (Fsp3) is 0.333. The van der Waals surface area contributed by atoms with Gasteiger partial charge in [0, 0.05) is 4.47 Å². The minimum absolute atomic E-state index is 0.156. The van der Waals surface area contributed by atoms with Crippen LogP contribution in [0.5, 0.6) is 5.75 Å². The van der Waals surface area contributed by atoms with E-state index >= 15 is 0 Å². The van der Waals surface area contributed by atoms with Gasteiger partial charge in [-0.3, -0.25) is 0 Å². The van der Waals surface area contributed by atoms with Crippen LogP contribution < -0.4 is 10.1 Å². The molecular weight excluding hydrogens is 326 g/mol. The summed E-state index contributed by atoms with van der Waals surface area (Å²) < 4.78 is 6.54. The fourth-order valence-corrected chi connectivity index (χ4v) is 3.18. The van der Waals surface area contributed by atoms with Crippen molar-refractivity contribution >= 4 is 15.9 Å². The van der Waals surface area contributed by atoms with Crippen molar-refractivity contribution in [1.82, 2.24) is 5.32 Å². The van der Waals surface area contributed by atoms with E-state index in [-0.39, 0.29) is 6.04 Å². The minimum Gasteiger partial charge on any atom is -0.496 e. The number of aryl methyl sites for hydroxylation is 3. The summed E-state index contributed by atoms with van der Waals surface area (Å²) in [7, 11) is 3.71. The Hall–Kier alpha value is -1.32. The zero-order valence-electron chi connectivity index (χ0n) is 13.3. The third-order valence-electron chi connectivity index (χ3n) is 3.85. The van der Waals surface area contributed by atoms with Crippen molar-refractivity contribution in [3.8, 4) is 5.75 Å². The van der Waals surface area contributed by atoms with Crippen molar-refractivity contribution in [3.05, 3.63) is 62.6 Å². The Morgan fingerprint density at radius 3 is 2.33 bits per heavy atom. The lowest BCUT2D eigenvalue weighted by Gasteiger charge is -2.22. The molecule has 1 unspecified atom stereocenters. The number of nitrogens with one attached hydrogen (secondary N) is 1. The maximum absolute atomic E-state index is 5.41. The third-order valence-corrected chi connectivity index (χ3v) is 4.57.